The summed E-state index contributed by atoms with van der Waals surface area (Å²) in [5, 5.41) is 23.6. The average Bonchev–Trinajstić information content (AvgIpc) is 2.91. The van der Waals surface area contributed by atoms with E-state index in [1.54, 1.807) is 12.1 Å². The molecule has 0 saturated heterocycles. The highest BCUT2D eigenvalue weighted by Crippen LogP contribution is 2.39. The van der Waals surface area contributed by atoms with E-state index in [1.807, 2.05) is 90.1 Å². The first-order valence-corrected chi connectivity index (χ1v) is 13.2. The molecular weight excluding hydrogens is 500 g/mol. The summed E-state index contributed by atoms with van der Waals surface area (Å²) < 4.78 is 0. The Morgan fingerprint density at radius 3 is 1.25 bits per heavy atom. The van der Waals surface area contributed by atoms with Crippen LogP contribution in [0.15, 0.2) is 60.7 Å². The molecule has 6 nitrogen and oxygen atoms in total. The van der Waals surface area contributed by atoms with E-state index in [0.29, 0.717) is 46.1 Å². The van der Waals surface area contributed by atoms with Crippen LogP contribution < -0.4 is 0 Å². The van der Waals surface area contributed by atoms with E-state index in [0.717, 1.165) is 21.9 Å². The monoisotopic (exact) mass is 532 g/mol. The molecule has 40 heavy (non-hydrogen) atoms. The second-order valence-electron chi connectivity index (χ2n) is 12.3. The van der Waals surface area contributed by atoms with Gasteiger partial charge in [-0.15, -0.1) is 0 Å². The normalized spacial score (nSPS) is 12.2. The van der Waals surface area contributed by atoms with E-state index in [-0.39, 0.29) is 33.5 Å². The predicted octanol–water partition coefficient (Wildman–Crippen LogP) is 7.75. The van der Waals surface area contributed by atoms with Crippen molar-refractivity contribution in [1.82, 2.24) is 9.97 Å². The predicted molar refractivity (Wildman–Crippen MR) is 159 cm³/mol. The molecule has 2 aromatic heterocycles. The van der Waals surface area contributed by atoms with Crippen molar-refractivity contribution in [2.45, 2.75) is 52.4 Å². The first-order chi connectivity index (χ1) is 18.8. The van der Waals surface area contributed by atoms with Crippen molar-refractivity contribution in [3.8, 4) is 34.0 Å². The number of hydrogen-bond donors (Lipinski definition) is 2. The Morgan fingerprint density at radius 1 is 0.575 bits per heavy atom. The molecule has 5 aromatic rings. The summed E-state index contributed by atoms with van der Waals surface area (Å²) in [6.45, 7) is 12.3. The molecule has 0 radical (unpaired) electrons. The Balaban J connectivity index is 1.77. The third-order valence-corrected chi connectivity index (χ3v) is 7.34. The summed E-state index contributed by atoms with van der Waals surface area (Å²) in [6, 6.07) is 18.6. The number of nitrogens with zero attached hydrogens (tertiary/aromatic N) is 2. The smallest absolute Gasteiger partial charge is 0.153 e. The van der Waals surface area contributed by atoms with Gasteiger partial charge in [-0.2, -0.15) is 0 Å². The lowest BCUT2D eigenvalue weighted by Crippen LogP contribution is -2.12. The summed E-state index contributed by atoms with van der Waals surface area (Å²) in [7, 11) is 0. The van der Waals surface area contributed by atoms with Gasteiger partial charge < -0.3 is 10.2 Å². The van der Waals surface area contributed by atoms with Crippen molar-refractivity contribution in [3.05, 3.63) is 82.9 Å². The molecule has 5 rings (SSSR count). The van der Waals surface area contributed by atoms with Gasteiger partial charge >= 0.3 is 0 Å². The fraction of sp³-hybridized carbons (Fsp3) is 0.235. The zero-order valence-electron chi connectivity index (χ0n) is 23.5. The van der Waals surface area contributed by atoms with Gasteiger partial charge in [0.2, 0.25) is 0 Å². The standard InChI is InChI=1S/C34H32N2O4/c1-33(2,3)23-13-21(17-37)31(39)25(15-23)27-11-9-19-7-8-20-10-12-28(36-30(20)29(19)35-27)26-16-24(34(4,5)6)14-22(18-38)32(26)40/h7-18,39-40H,1-6H3. The lowest BCUT2D eigenvalue weighted by atomic mass is 9.84. The Morgan fingerprint density at radius 2 is 0.925 bits per heavy atom. The third kappa shape index (κ3) is 4.70. The first kappa shape index (κ1) is 27.0. The molecule has 0 aliphatic rings. The van der Waals surface area contributed by atoms with Crippen LogP contribution >= 0.6 is 0 Å². The van der Waals surface area contributed by atoms with Crippen LogP contribution in [-0.2, 0) is 10.8 Å². The second kappa shape index (κ2) is 9.56. The molecule has 0 bridgehead atoms. The van der Waals surface area contributed by atoms with Gasteiger partial charge in [0.05, 0.1) is 33.5 Å². The molecule has 3 aromatic carbocycles. The Labute approximate surface area is 233 Å². The topological polar surface area (TPSA) is 100 Å². The number of carbonyl (C=O) groups is 2. The molecule has 0 aliphatic carbocycles. The van der Waals surface area contributed by atoms with Gasteiger partial charge in [-0.3, -0.25) is 9.59 Å². The minimum atomic E-state index is -0.246. The Bertz CT molecular complexity index is 1690. The maximum absolute atomic E-state index is 11.8. The molecular formula is C34H32N2O4. The summed E-state index contributed by atoms with van der Waals surface area (Å²) in [6.07, 6.45) is 1.31. The van der Waals surface area contributed by atoms with E-state index in [4.69, 9.17) is 9.97 Å². The number of pyridine rings is 2. The number of aromatic hydroxyl groups is 2. The molecule has 6 heteroatoms. The number of aromatic nitrogens is 2. The minimum absolute atomic E-state index is 0.117. The zero-order chi connectivity index (χ0) is 29.0. The highest BCUT2D eigenvalue weighted by atomic mass is 16.3. The van der Waals surface area contributed by atoms with Crippen LogP contribution in [0, 0.1) is 0 Å². The fourth-order valence-corrected chi connectivity index (χ4v) is 4.82. The second-order valence-corrected chi connectivity index (χ2v) is 12.3. The van der Waals surface area contributed by atoms with Crippen molar-refractivity contribution in [1.29, 1.82) is 0 Å². The average molecular weight is 533 g/mol. The number of phenolic OH excluding ortho intramolecular Hbond substituents is 2. The summed E-state index contributed by atoms with van der Waals surface area (Å²) in [4.78, 5) is 33.4. The van der Waals surface area contributed by atoms with E-state index >= 15 is 0 Å². The molecule has 0 fully saturated rings. The third-order valence-electron chi connectivity index (χ3n) is 7.34. The molecule has 0 unspecified atom stereocenters. The summed E-state index contributed by atoms with van der Waals surface area (Å²) in [5.74, 6) is -0.233. The van der Waals surface area contributed by atoms with Gasteiger partial charge in [0.1, 0.15) is 11.5 Å². The van der Waals surface area contributed by atoms with Crippen LogP contribution in [0.1, 0.15) is 73.4 Å². The highest BCUT2D eigenvalue weighted by molar-refractivity contribution is 6.04. The van der Waals surface area contributed by atoms with Crippen LogP contribution in [0.25, 0.3) is 44.3 Å². The first-order valence-electron chi connectivity index (χ1n) is 13.2. The Kier molecular flexibility index (Phi) is 6.45. The SMILES string of the molecule is CC(C)(C)c1cc(C=O)c(O)c(-c2ccc3ccc4ccc(-c5cc(C(C)(C)C)cc(C=O)c5O)nc4c3n2)c1. The summed E-state index contributed by atoms with van der Waals surface area (Å²) in [5.41, 5.74) is 4.94. The lowest BCUT2D eigenvalue weighted by Gasteiger charge is -2.21. The Hall–Kier alpha value is -4.58. The van der Waals surface area contributed by atoms with Gasteiger partial charge in [0, 0.05) is 21.9 Å². The van der Waals surface area contributed by atoms with Crippen LogP contribution in [0.3, 0.4) is 0 Å². The largest absolute Gasteiger partial charge is 0.506 e. The number of phenols is 2. The number of fused-ring (bicyclic) bond motifs is 3. The van der Waals surface area contributed by atoms with E-state index in [1.165, 1.54) is 0 Å². The summed E-state index contributed by atoms with van der Waals surface area (Å²) >= 11 is 0. The number of benzene rings is 3. The molecule has 2 N–H and O–H groups in total. The van der Waals surface area contributed by atoms with Crippen molar-refractivity contribution in [3.63, 3.8) is 0 Å². The molecule has 0 amide bonds. The molecule has 0 saturated carbocycles. The molecule has 2 heterocycles. The van der Waals surface area contributed by atoms with E-state index in [2.05, 4.69) is 0 Å². The zero-order valence-corrected chi connectivity index (χ0v) is 23.5. The van der Waals surface area contributed by atoms with Crippen LogP contribution in [-0.4, -0.2) is 32.8 Å². The van der Waals surface area contributed by atoms with E-state index in [9.17, 15) is 19.8 Å². The maximum Gasteiger partial charge on any atom is 0.153 e. The maximum atomic E-state index is 11.8. The van der Waals surface area contributed by atoms with Crippen LogP contribution in [0.2, 0.25) is 0 Å². The van der Waals surface area contributed by atoms with Crippen molar-refractivity contribution >= 4 is 34.4 Å². The van der Waals surface area contributed by atoms with Gasteiger partial charge in [-0.05, 0) is 58.4 Å². The highest BCUT2D eigenvalue weighted by Gasteiger charge is 2.22. The van der Waals surface area contributed by atoms with Crippen LogP contribution in [0.4, 0.5) is 0 Å². The molecule has 0 aliphatic heterocycles. The van der Waals surface area contributed by atoms with Gasteiger partial charge in [-0.1, -0.05) is 65.8 Å². The lowest BCUT2D eigenvalue weighted by molar-refractivity contribution is 0.111. The number of carbonyl (C=O) groups excluding carboxylic acids is 2. The van der Waals surface area contributed by atoms with Crippen molar-refractivity contribution < 1.29 is 19.8 Å². The molecule has 0 spiro atoms. The molecule has 0 atom stereocenters. The number of rotatable bonds is 4. The van der Waals surface area contributed by atoms with Crippen molar-refractivity contribution in [2.24, 2.45) is 0 Å². The van der Waals surface area contributed by atoms with Crippen LogP contribution in [0.5, 0.6) is 11.5 Å². The molecule has 202 valence electrons. The number of hydrogen-bond acceptors (Lipinski definition) is 6. The minimum Gasteiger partial charge on any atom is -0.506 e. The van der Waals surface area contributed by atoms with E-state index < -0.39 is 0 Å². The van der Waals surface area contributed by atoms with Gasteiger partial charge in [0.15, 0.2) is 12.6 Å². The van der Waals surface area contributed by atoms with Gasteiger partial charge in [-0.25, -0.2) is 9.97 Å². The van der Waals surface area contributed by atoms with Crippen molar-refractivity contribution in [2.75, 3.05) is 0 Å². The number of aldehydes is 2. The fourth-order valence-electron chi connectivity index (χ4n) is 4.82. The quantitative estimate of drug-likeness (QED) is 0.181. The van der Waals surface area contributed by atoms with Gasteiger partial charge in [0.25, 0.3) is 0 Å².